The zero-order chi connectivity index (χ0) is 14.5. The summed E-state index contributed by atoms with van der Waals surface area (Å²) >= 11 is 0. The number of benzene rings is 2. The van der Waals surface area contributed by atoms with E-state index in [9.17, 15) is 9.59 Å². The molecule has 2 aromatic carbocycles. The van der Waals surface area contributed by atoms with E-state index in [0.29, 0.717) is 11.3 Å². The van der Waals surface area contributed by atoms with Gasteiger partial charge in [0.25, 0.3) is 0 Å². The highest BCUT2D eigenvalue weighted by molar-refractivity contribution is 5.99. The molecular formula is C16H14O4. The predicted octanol–water partition coefficient (Wildman–Crippen LogP) is 3.04. The van der Waals surface area contributed by atoms with Gasteiger partial charge in [-0.2, -0.15) is 0 Å². The average molecular weight is 270 g/mol. The summed E-state index contributed by atoms with van der Waals surface area (Å²) in [4.78, 5) is 23.0. The van der Waals surface area contributed by atoms with Gasteiger partial charge in [0.05, 0.1) is 5.56 Å². The van der Waals surface area contributed by atoms with Crippen LogP contribution in [0, 0.1) is 0 Å². The molecule has 0 spiro atoms. The van der Waals surface area contributed by atoms with E-state index in [-0.39, 0.29) is 11.3 Å². The lowest BCUT2D eigenvalue weighted by molar-refractivity contribution is 0.0696. The van der Waals surface area contributed by atoms with Gasteiger partial charge in [0, 0.05) is 5.56 Å². The molecule has 0 aliphatic rings. The molecule has 0 saturated heterocycles. The molecule has 2 aromatic rings. The molecule has 1 atom stereocenters. The molecular weight excluding hydrogens is 256 g/mol. The van der Waals surface area contributed by atoms with Crippen molar-refractivity contribution in [3.63, 3.8) is 0 Å². The zero-order valence-corrected chi connectivity index (χ0v) is 10.9. The van der Waals surface area contributed by atoms with Gasteiger partial charge in [0.15, 0.2) is 6.10 Å². The van der Waals surface area contributed by atoms with Crippen LogP contribution in [0.15, 0.2) is 54.6 Å². The quantitative estimate of drug-likeness (QED) is 0.848. The van der Waals surface area contributed by atoms with Crippen LogP contribution in [0.1, 0.15) is 27.6 Å². The van der Waals surface area contributed by atoms with Gasteiger partial charge < -0.3 is 9.84 Å². The maximum absolute atomic E-state index is 12.1. The molecule has 0 radical (unpaired) electrons. The molecule has 20 heavy (non-hydrogen) atoms. The van der Waals surface area contributed by atoms with Gasteiger partial charge in [-0.3, -0.25) is 4.79 Å². The first-order chi connectivity index (χ1) is 9.58. The van der Waals surface area contributed by atoms with Gasteiger partial charge in [-0.15, -0.1) is 0 Å². The minimum absolute atomic E-state index is 0.127. The maximum atomic E-state index is 12.1. The van der Waals surface area contributed by atoms with Gasteiger partial charge in [-0.05, 0) is 25.1 Å². The van der Waals surface area contributed by atoms with Gasteiger partial charge in [0.1, 0.15) is 5.75 Å². The highest BCUT2D eigenvalue weighted by atomic mass is 16.5. The first-order valence-electron chi connectivity index (χ1n) is 6.17. The van der Waals surface area contributed by atoms with E-state index in [1.54, 1.807) is 43.3 Å². The first-order valence-corrected chi connectivity index (χ1v) is 6.17. The largest absolute Gasteiger partial charge is 0.483 e. The van der Waals surface area contributed by atoms with Crippen LogP contribution in [0.3, 0.4) is 0 Å². The molecule has 0 fully saturated rings. The summed E-state index contributed by atoms with van der Waals surface area (Å²) in [6.45, 7) is 1.64. The maximum Gasteiger partial charge on any atom is 0.335 e. The average Bonchev–Trinajstić information content (AvgIpc) is 2.47. The van der Waals surface area contributed by atoms with E-state index in [4.69, 9.17) is 9.84 Å². The summed E-state index contributed by atoms with van der Waals surface area (Å²) in [6.07, 6.45) is -0.679. The van der Waals surface area contributed by atoms with Crippen molar-refractivity contribution in [2.75, 3.05) is 0 Å². The number of carboxylic acids is 1. The monoisotopic (exact) mass is 270 g/mol. The lowest BCUT2D eigenvalue weighted by atomic mass is 10.1. The number of Topliss-reactive ketones (excluding diaryl/α,β-unsaturated/α-hetero) is 1. The summed E-state index contributed by atoms with van der Waals surface area (Å²) in [7, 11) is 0. The Morgan fingerprint density at radius 1 is 1.00 bits per heavy atom. The van der Waals surface area contributed by atoms with Crippen molar-refractivity contribution in [2.24, 2.45) is 0 Å². The minimum atomic E-state index is -1.03. The Kier molecular flexibility index (Phi) is 4.15. The van der Waals surface area contributed by atoms with Crippen LogP contribution in [0.25, 0.3) is 0 Å². The number of ether oxygens (including phenoxy) is 1. The Balaban J connectivity index is 2.12. The number of ketones is 1. The predicted molar refractivity (Wildman–Crippen MR) is 74.3 cm³/mol. The molecule has 0 amide bonds. The Morgan fingerprint density at radius 2 is 1.65 bits per heavy atom. The van der Waals surface area contributed by atoms with E-state index in [2.05, 4.69) is 0 Å². The summed E-state index contributed by atoms with van der Waals surface area (Å²) in [6, 6.07) is 14.9. The fourth-order valence-electron chi connectivity index (χ4n) is 1.80. The summed E-state index contributed by atoms with van der Waals surface area (Å²) in [5.41, 5.74) is 0.691. The van der Waals surface area contributed by atoms with E-state index in [1.165, 1.54) is 12.1 Å². The van der Waals surface area contributed by atoms with E-state index >= 15 is 0 Å². The zero-order valence-electron chi connectivity index (χ0n) is 10.9. The number of hydrogen-bond donors (Lipinski definition) is 1. The van der Waals surface area contributed by atoms with Crippen LogP contribution in [0.2, 0.25) is 0 Å². The van der Waals surface area contributed by atoms with E-state index in [1.807, 2.05) is 6.07 Å². The number of rotatable bonds is 5. The highest BCUT2D eigenvalue weighted by Crippen LogP contribution is 2.16. The van der Waals surface area contributed by atoms with Crippen LogP contribution in [0.5, 0.6) is 5.75 Å². The molecule has 0 aromatic heterocycles. The Bertz CT molecular complexity index is 619. The topological polar surface area (TPSA) is 63.6 Å². The minimum Gasteiger partial charge on any atom is -0.483 e. The van der Waals surface area contributed by atoms with Crippen molar-refractivity contribution in [1.29, 1.82) is 0 Å². The summed E-state index contributed by atoms with van der Waals surface area (Å²) in [5, 5.41) is 8.91. The fourth-order valence-corrected chi connectivity index (χ4v) is 1.80. The van der Waals surface area contributed by atoms with E-state index in [0.717, 1.165) is 0 Å². The standard InChI is InChI=1S/C16H14O4/c1-11(15(17)12-6-3-2-4-7-12)20-14-9-5-8-13(10-14)16(18)19/h2-11H,1H3,(H,18,19). The van der Waals surface area contributed by atoms with Crippen molar-refractivity contribution in [3.05, 3.63) is 65.7 Å². The van der Waals surface area contributed by atoms with Crippen LogP contribution in [-0.4, -0.2) is 23.0 Å². The highest BCUT2D eigenvalue weighted by Gasteiger charge is 2.17. The van der Waals surface area contributed by atoms with Crippen molar-refractivity contribution in [1.82, 2.24) is 0 Å². The normalized spacial score (nSPS) is 11.7. The van der Waals surface area contributed by atoms with Crippen molar-refractivity contribution < 1.29 is 19.4 Å². The van der Waals surface area contributed by atoms with Gasteiger partial charge >= 0.3 is 5.97 Å². The lowest BCUT2D eigenvalue weighted by Crippen LogP contribution is -2.23. The molecule has 102 valence electrons. The third-order valence-electron chi connectivity index (χ3n) is 2.82. The van der Waals surface area contributed by atoms with Gasteiger partial charge in [-0.1, -0.05) is 36.4 Å². The third kappa shape index (κ3) is 3.23. The SMILES string of the molecule is CC(Oc1cccc(C(=O)O)c1)C(=O)c1ccccc1. The van der Waals surface area contributed by atoms with Crippen LogP contribution in [0.4, 0.5) is 0 Å². The summed E-state index contributed by atoms with van der Waals surface area (Å²) in [5.74, 6) is -0.814. The second-order valence-corrected chi connectivity index (χ2v) is 4.32. The first kappa shape index (κ1) is 13.8. The van der Waals surface area contributed by atoms with Gasteiger partial charge in [0.2, 0.25) is 5.78 Å². The van der Waals surface area contributed by atoms with Crippen molar-refractivity contribution in [3.8, 4) is 5.75 Å². The molecule has 4 nitrogen and oxygen atoms in total. The molecule has 1 unspecified atom stereocenters. The number of hydrogen-bond acceptors (Lipinski definition) is 3. The number of carbonyl (C=O) groups excluding carboxylic acids is 1. The molecule has 0 bridgehead atoms. The Morgan fingerprint density at radius 3 is 2.30 bits per heavy atom. The van der Waals surface area contributed by atoms with Crippen molar-refractivity contribution in [2.45, 2.75) is 13.0 Å². The molecule has 4 heteroatoms. The molecule has 0 heterocycles. The number of aromatic carboxylic acids is 1. The van der Waals surface area contributed by atoms with Crippen LogP contribution < -0.4 is 4.74 Å². The second kappa shape index (κ2) is 6.02. The molecule has 0 aliphatic heterocycles. The smallest absolute Gasteiger partial charge is 0.335 e. The summed E-state index contributed by atoms with van der Waals surface area (Å²) < 4.78 is 5.51. The number of carbonyl (C=O) groups is 2. The van der Waals surface area contributed by atoms with Crippen LogP contribution >= 0.6 is 0 Å². The van der Waals surface area contributed by atoms with E-state index < -0.39 is 12.1 Å². The van der Waals surface area contributed by atoms with Gasteiger partial charge in [-0.25, -0.2) is 4.79 Å². The third-order valence-corrected chi connectivity index (χ3v) is 2.82. The van der Waals surface area contributed by atoms with Crippen LogP contribution in [-0.2, 0) is 0 Å². The second-order valence-electron chi connectivity index (χ2n) is 4.32. The Hall–Kier alpha value is -2.62. The molecule has 0 saturated carbocycles. The van der Waals surface area contributed by atoms with Crippen molar-refractivity contribution >= 4 is 11.8 Å². The lowest BCUT2D eigenvalue weighted by Gasteiger charge is -2.14. The molecule has 2 rings (SSSR count). The fraction of sp³-hybridized carbons (Fsp3) is 0.125. The number of carboxylic acid groups (broad SMARTS) is 1. The molecule has 1 N–H and O–H groups in total. The molecule has 0 aliphatic carbocycles. The Labute approximate surface area is 116 Å².